The molecular weight excluding hydrogens is 417 g/mol. The van der Waals surface area contributed by atoms with Crippen molar-refractivity contribution in [2.45, 2.75) is 25.7 Å². The minimum absolute atomic E-state index is 0.107. The van der Waals surface area contributed by atoms with E-state index in [2.05, 4.69) is 25.1 Å². The summed E-state index contributed by atoms with van der Waals surface area (Å²) < 4.78 is 38.3. The highest BCUT2D eigenvalue weighted by atomic mass is 35.5. The zero-order valence-electron chi connectivity index (χ0n) is 16.2. The molecule has 4 rings (SSSR count). The van der Waals surface area contributed by atoms with E-state index in [9.17, 15) is 13.2 Å². The van der Waals surface area contributed by atoms with Crippen LogP contribution in [0.5, 0.6) is 0 Å². The number of piperazine rings is 1. The number of nitrogens with zero attached hydrogens (tertiary/aromatic N) is 5. The molecule has 0 aromatic carbocycles. The van der Waals surface area contributed by atoms with E-state index < -0.39 is 11.7 Å². The Kier molecular flexibility index (Phi) is 5.66. The zero-order chi connectivity index (χ0) is 21.3. The first-order valence-electron chi connectivity index (χ1n) is 9.47. The summed E-state index contributed by atoms with van der Waals surface area (Å²) >= 11 is 5.87. The van der Waals surface area contributed by atoms with Gasteiger partial charge in [0.25, 0.3) is 0 Å². The number of pyridine rings is 2. The summed E-state index contributed by atoms with van der Waals surface area (Å²) in [6.45, 7) is 4.94. The van der Waals surface area contributed by atoms with Crippen molar-refractivity contribution in [1.29, 1.82) is 0 Å². The molecule has 0 aliphatic carbocycles. The molecule has 3 aromatic heterocycles. The van der Waals surface area contributed by atoms with E-state index in [1.54, 1.807) is 18.5 Å². The summed E-state index contributed by atoms with van der Waals surface area (Å²) in [6.07, 6.45) is 0.0265. The summed E-state index contributed by atoms with van der Waals surface area (Å²) in [5.41, 5.74) is 2.13. The van der Waals surface area contributed by atoms with Crippen LogP contribution in [-0.4, -0.2) is 50.7 Å². The standard InChI is InChI=1S/C20H20ClF3N6/c1-13-11-29(6-7-30(13)18-5-3-16(10-26-18)20(22,23)24)12-15-9-27-28-19(15)14-2-4-17(21)25-8-14/h2-5,8-10,13H,6-7,11-12H2,1H3,(H,27,28). The van der Waals surface area contributed by atoms with E-state index in [1.165, 1.54) is 6.07 Å². The average Bonchev–Trinajstić information content (AvgIpc) is 3.16. The Morgan fingerprint density at radius 2 is 1.93 bits per heavy atom. The maximum atomic E-state index is 12.8. The fraction of sp³-hybridized carbons (Fsp3) is 0.350. The maximum absolute atomic E-state index is 12.8. The van der Waals surface area contributed by atoms with E-state index in [4.69, 9.17) is 11.6 Å². The van der Waals surface area contributed by atoms with Gasteiger partial charge in [-0.25, -0.2) is 9.97 Å². The van der Waals surface area contributed by atoms with Crippen molar-refractivity contribution in [3.63, 3.8) is 0 Å². The molecule has 0 radical (unpaired) electrons. The molecule has 0 saturated carbocycles. The maximum Gasteiger partial charge on any atom is 0.417 e. The van der Waals surface area contributed by atoms with E-state index in [1.807, 2.05) is 17.9 Å². The van der Waals surface area contributed by atoms with Crippen LogP contribution >= 0.6 is 11.6 Å². The second kappa shape index (κ2) is 8.23. The van der Waals surface area contributed by atoms with Crippen LogP contribution in [0.4, 0.5) is 19.0 Å². The molecule has 10 heteroatoms. The highest BCUT2D eigenvalue weighted by molar-refractivity contribution is 6.29. The molecule has 30 heavy (non-hydrogen) atoms. The average molecular weight is 437 g/mol. The van der Waals surface area contributed by atoms with Crippen molar-refractivity contribution in [2.75, 3.05) is 24.5 Å². The molecule has 1 atom stereocenters. The first-order chi connectivity index (χ1) is 14.3. The highest BCUT2D eigenvalue weighted by Crippen LogP contribution is 2.30. The van der Waals surface area contributed by atoms with Crippen LogP contribution in [0.1, 0.15) is 18.1 Å². The van der Waals surface area contributed by atoms with Gasteiger partial charge in [0.2, 0.25) is 0 Å². The monoisotopic (exact) mass is 436 g/mol. The van der Waals surface area contributed by atoms with Crippen LogP contribution in [-0.2, 0) is 12.7 Å². The van der Waals surface area contributed by atoms with Crippen molar-refractivity contribution >= 4 is 17.4 Å². The topological polar surface area (TPSA) is 60.9 Å². The molecule has 158 valence electrons. The molecule has 0 spiro atoms. The number of nitrogens with one attached hydrogen (secondary N) is 1. The Balaban J connectivity index is 1.42. The van der Waals surface area contributed by atoms with Gasteiger partial charge in [0.1, 0.15) is 11.0 Å². The third kappa shape index (κ3) is 4.41. The van der Waals surface area contributed by atoms with E-state index in [0.29, 0.717) is 24.1 Å². The van der Waals surface area contributed by atoms with Gasteiger partial charge in [-0.3, -0.25) is 10.00 Å². The number of alkyl halides is 3. The molecule has 1 unspecified atom stereocenters. The second-order valence-corrected chi connectivity index (χ2v) is 7.71. The molecule has 1 N–H and O–H groups in total. The number of aromatic amines is 1. The molecule has 1 saturated heterocycles. The van der Waals surface area contributed by atoms with Crippen LogP contribution in [0.25, 0.3) is 11.3 Å². The number of rotatable bonds is 4. The van der Waals surface area contributed by atoms with Gasteiger partial charge >= 0.3 is 6.18 Å². The zero-order valence-corrected chi connectivity index (χ0v) is 17.0. The molecule has 1 aliphatic heterocycles. The lowest BCUT2D eigenvalue weighted by atomic mass is 10.1. The normalized spacial score (nSPS) is 18.0. The van der Waals surface area contributed by atoms with Gasteiger partial charge in [0, 0.05) is 55.7 Å². The molecule has 6 nitrogen and oxygen atoms in total. The summed E-state index contributed by atoms with van der Waals surface area (Å²) in [6, 6.07) is 6.26. The second-order valence-electron chi connectivity index (χ2n) is 7.32. The number of aromatic nitrogens is 4. The van der Waals surface area contributed by atoms with Crippen LogP contribution < -0.4 is 4.90 Å². The quantitative estimate of drug-likeness (QED) is 0.619. The lowest BCUT2D eigenvalue weighted by molar-refractivity contribution is -0.137. The SMILES string of the molecule is CC1CN(Cc2cn[nH]c2-c2ccc(Cl)nc2)CCN1c1ccc(C(F)(F)F)cn1. The largest absolute Gasteiger partial charge is 0.417 e. The minimum Gasteiger partial charge on any atom is -0.351 e. The van der Waals surface area contributed by atoms with Crippen molar-refractivity contribution in [3.8, 4) is 11.3 Å². The Morgan fingerprint density at radius 1 is 1.10 bits per heavy atom. The van der Waals surface area contributed by atoms with Crippen LogP contribution in [0.3, 0.4) is 0 Å². The highest BCUT2D eigenvalue weighted by Gasteiger charge is 2.31. The van der Waals surface area contributed by atoms with Crippen molar-refractivity contribution in [2.24, 2.45) is 0 Å². The first kappa shape index (κ1) is 20.6. The van der Waals surface area contributed by atoms with Crippen LogP contribution in [0, 0.1) is 0 Å². The fourth-order valence-corrected chi connectivity index (χ4v) is 3.80. The summed E-state index contributed by atoms with van der Waals surface area (Å²) in [4.78, 5) is 12.5. The number of hydrogen-bond donors (Lipinski definition) is 1. The van der Waals surface area contributed by atoms with Gasteiger partial charge in [-0.15, -0.1) is 0 Å². The van der Waals surface area contributed by atoms with E-state index in [-0.39, 0.29) is 6.04 Å². The van der Waals surface area contributed by atoms with Crippen molar-refractivity contribution in [1.82, 2.24) is 25.1 Å². The number of H-pyrrole nitrogens is 1. The summed E-state index contributed by atoms with van der Waals surface area (Å²) in [5, 5.41) is 7.63. The number of halogens is 4. The predicted octanol–water partition coefficient (Wildman–Crippen LogP) is 4.25. The smallest absolute Gasteiger partial charge is 0.351 e. The van der Waals surface area contributed by atoms with Crippen molar-refractivity contribution < 1.29 is 13.2 Å². The van der Waals surface area contributed by atoms with Crippen molar-refractivity contribution in [3.05, 3.63) is 59.1 Å². The van der Waals surface area contributed by atoms with Gasteiger partial charge in [-0.05, 0) is 31.2 Å². The molecule has 0 bridgehead atoms. The molecule has 0 amide bonds. The molecular formula is C20H20ClF3N6. The molecule has 1 aliphatic rings. The third-order valence-electron chi connectivity index (χ3n) is 5.21. The fourth-order valence-electron chi connectivity index (χ4n) is 3.69. The van der Waals surface area contributed by atoms with Crippen LogP contribution in [0.15, 0.2) is 42.9 Å². The van der Waals surface area contributed by atoms with Gasteiger partial charge in [-0.2, -0.15) is 18.3 Å². The number of hydrogen-bond acceptors (Lipinski definition) is 5. The molecule has 1 fully saturated rings. The van der Waals surface area contributed by atoms with Gasteiger partial charge in [-0.1, -0.05) is 11.6 Å². The molecule has 4 heterocycles. The van der Waals surface area contributed by atoms with E-state index in [0.717, 1.165) is 42.2 Å². The van der Waals surface area contributed by atoms with E-state index >= 15 is 0 Å². The number of anilines is 1. The summed E-state index contributed by atoms with van der Waals surface area (Å²) in [7, 11) is 0. The van der Waals surface area contributed by atoms with Gasteiger partial charge < -0.3 is 4.90 Å². The summed E-state index contributed by atoms with van der Waals surface area (Å²) in [5.74, 6) is 0.561. The minimum atomic E-state index is -4.38. The lowest BCUT2D eigenvalue weighted by Crippen LogP contribution is -2.51. The Bertz CT molecular complexity index is 987. The Morgan fingerprint density at radius 3 is 2.57 bits per heavy atom. The molecule has 3 aromatic rings. The third-order valence-corrected chi connectivity index (χ3v) is 5.43. The van der Waals surface area contributed by atoms with Gasteiger partial charge in [0.15, 0.2) is 0 Å². The van der Waals surface area contributed by atoms with Crippen LogP contribution in [0.2, 0.25) is 5.15 Å². The lowest BCUT2D eigenvalue weighted by Gasteiger charge is -2.40. The van der Waals surface area contributed by atoms with Gasteiger partial charge in [0.05, 0.1) is 17.5 Å². The first-order valence-corrected chi connectivity index (χ1v) is 9.85. The predicted molar refractivity (Wildman–Crippen MR) is 108 cm³/mol. The Hall–Kier alpha value is -2.65. The Labute approximate surface area is 176 Å².